The molecule has 0 unspecified atom stereocenters. The lowest BCUT2D eigenvalue weighted by Gasteiger charge is -2.11. The van der Waals surface area contributed by atoms with Crippen LogP contribution in [0.15, 0.2) is 71.8 Å². The van der Waals surface area contributed by atoms with Crippen LogP contribution in [0.25, 0.3) is 22.3 Å². The summed E-state index contributed by atoms with van der Waals surface area (Å²) in [5, 5.41) is 5.28. The van der Waals surface area contributed by atoms with Gasteiger partial charge in [-0.25, -0.2) is 9.97 Å². The molecule has 0 saturated heterocycles. The van der Waals surface area contributed by atoms with Gasteiger partial charge in [-0.3, -0.25) is 5.43 Å². The number of anilines is 1. The maximum absolute atomic E-state index is 5.74. The van der Waals surface area contributed by atoms with Crippen LogP contribution in [0.3, 0.4) is 0 Å². The fourth-order valence-electron chi connectivity index (χ4n) is 3.33. The Labute approximate surface area is 193 Å². The fourth-order valence-corrected chi connectivity index (χ4v) is 3.33. The molecule has 7 nitrogen and oxygen atoms in total. The van der Waals surface area contributed by atoms with Crippen LogP contribution in [0.4, 0.5) is 5.82 Å². The Morgan fingerprint density at radius 2 is 1.64 bits per heavy atom. The van der Waals surface area contributed by atoms with Crippen LogP contribution in [0.5, 0.6) is 17.2 Å². The smallest absolute Gasteiger partial charge is 0.162 e. The van der Waals surface area contributed by atoms with Crippen molar-refractivity contribution in [2.75, 3.05) is 19.6 Å². The molecule has 3 aromatic carbocycles. The lowest BCUT2D eigenvalue weighted by Crippen LogP contribution is -2.05. The van der Waals surface area contributed by atoms with E-state index in [0.29, 0.717) is 23.1 Å². The van der Waals surface area contributed by atoms with Crippen LogP contribution in [0.2, 0.25) is 0 Å². The molecule has 0 saturated carbocycles. The van der Waals surface area contributed by atoms with Gasteiger partial charge in [0, 0.05) is 22.6 Å². The number of rotatable bonds is 8. The highest BCUT2D eigenvalue weighted by Gasteiger charge is 2.10. The highest BCUT2D eigenvalue weighted by atomic mass is 16.5. The van der Waals surface area contributed by atoms with Gasteiger partial charge in [0.15, 0.2) is 11.6 Å². The van der Waals surface area contributed by atoms with E-state index in [-0.39, 0.29) is 6.10 Å². The SMILES string of the molecule is COc1ccc(/C=N/Nc2nc(-c3ccc(OC(C)C)cc3)nc3ccccc23)c(OC)c1. The third-order valence-corrected chi connectivity index (χ3v) is 4.90. The first-order valence-electron chi connectivity index (χ1n) is 10.6. The first kappa shape index (κ1) is 22.1. The summed E-state index contributed by atoms with van der Waals surface area (Å²) in [5.41, 5.74) is 5.59. The van der Waals surface area contributed by atoms with Gasteiger partial charge in [-0.05, 0) is 62.4 Å². The normalized spacial score (nSPS) is 11.2. The highest BCUT2D eigenvalue weighted by molar-refractivity contribution is 5.91. The van der Waals surface area contributed by atoms with Crippen LogP contribution < -0.4 is 19.6 Å². The van der Waals surface area contributed by atoms with Gasteiger partial charge in [-0.15, -0.1) is 0 Å². The van der Waals surface area contributed by atoms with Crippen molar-refractivity contribution >= 4 is 22.9 Å². The van der Waals surface area contributed by atoms with Crippen LogP contribution in [-0.2, 0) is 0 Å². The fraction of sp³-hybridized carbons (Fsp3) is 0.192. The summed E-state index contributed by atoms with van der Waals surface area (Å²) in [5.74, 6) is 3.40. The molecule has 4 rings (SSSR count). The number of para-hydroxylation sites is 1. The predicted octanol–water partition coefficient (Wildman–Crippen LogP) is 5.55. The second-order valence-electron chi connectivity index (χ2n) is 7.58. The minimum absolute atomic E-state index is 0.116. The Hall–Kier alpha value is -4.13. The number of hydrazone groups is 1. The Bertz CT molecular complexity index is 1270. The van der Waals surface area contributed by atoms with E-state index in [4.69, 9.17) is 24.2 Å². The lowest BCUT2D eigenvalue weighted by molar-refractivity contribution is 0.242. The van der Waals surface area contributed by atoms with Crippen molar-refractivity contribution in [3.05, 3.63) is 72.3 Å². The molecule has 7 heteroatoms. The van der Waals surface area contributed by atoms with E-state index in [9.17, 15) is 0 Å². The molecule has 0 bridgehead atoms. The van der Waals surface area contributed by atoms with Crippen LogP contribution in [0.1, 0.15) is 19.4 Å². The van der Waals surface area contributed by atoms with Crippen molar-refractivity contribution in [1.82, 2.24) is 9.97 Å². The Balaban J connectivity index is 1.64. The average Bonchev–Trinajstić information content (AvgIpc) is 2.84. The highest BCUT2D eigenvalue weighted by Crippen LogP contribution is 2.27. The van der Waals surface area contributed by atoms with Gasteiger partial charge in [0.1, 0.15) is 17.2 Å². The zero-order valence-electron chi connectivity index (χ0n) is 19.1. The van der Waals surface area contributed by atoms with Crippen LogP contribution in [-0.4, -0.2) is 36.5 Å². The van der Waals surface area contributed by atoms with Gasteiger partial charge in [-0.1, -0.05) is 12.1 Å². The number of aromatic nitrogens is 2. The van der Waals surface area contributed by atoms with E-state index in [2.05, 4.69) is 10.5 Å². The molecule has 0 aliphatic heterocycles. The molecule has 0 amide bonds. The maximum Gasteiger partial charge on any atom is 0.162 e. The van der Waals surface area contributed by atoms with Crippen molar-refractivity contribution in [1.29, 1.82) is 0 Å². The summed E-state index contributed by atoms with van der Waals surface area (Å²) < 4.78 is 16.4. The first-order chi connectivity index (χ1) is 16.1. The van der Waals surface area contributed by atoms with E-state index >= 15 is 0 Å². The van der Waals surface area contributed by atoms with Gasteiger partial charge in [0.05, 0.1) is 32.1 Å². The van der Waals surface area contributed by atoms with Gasteiger partial charge in [-0.2, -0.15) is 5.10 Å². The maximum atomic E-state index is 5.74. The van der Waals surface area contributed by atoms with E-state index in [0.717, 1.165) is 27.8 Å². The van der Waals surface area contributed by atoms with Crippen molar-refractivity contribution in [2.45, 2.75) is 20.0 Å². The summed E-state index contributed by atoms with van der Waals surface area (Å²) in [6.07, 6.45) is 1.80. The average molecular weight is 443 g/mol. The minimum Gasteiger partial charge on any atom is -0.497 e. The van der Waals surface area contributed by atoms with Gasteiger partial charge in [0.25, 0.3) is 0 Å². The number of nitrogens with one attached hydrogen (secondary N) is 1. The van der Waals surface area contributed by atoms with Gasteiger partial charge < -0.3 is 14.2 Å². The number of hydrogen-bond donors (Lipinski definition) is 1. The third-order valence-electron chi connectivity index (χ3n) is 4.90. The standard InChI is InChI=1S/C26H26N4O3/c1-17(2)33-20-12-9-18(10-13-20)25-28-23-8-6-5-7-22(23)26(29-25)30-27-16-19-11-14-21(31-3)15-24(19)32-4/h5-17H,1-4H3,(H,28,29,30)/b27-16+. The molecule has 4 aromatic rings. The molecular formula is C26H26N4O3. The zero-order chi connectivity index (χ0) is 23.2. The quantitative estimate of drug-likeness (QED) is 0.285. The molecule has 1 aromatic heterocycles. The molecule has 1 N–H and O–H groups in total. The van der Waals surface area contributed by atoms with E-state index < -0.39 is 0 Å². The summed E-state index contributed by atoms with van der Waals surface area (Å²) in [4.78, 5) is 9.47. The second kappa shape index (κ2) is 9.99. The Morgan fingerprint density at radius 3 is 2.36 bits per heavy atom. The monoisotopic (exact) mass is 442 g/mol. The molecular weight excluding hydrogens is 416 g/mol. The van der Waals surface area contributed by atoms with Crippen molar-refractivity contribution in [3.63, 3.8) is 0 Å². The third kappa shape index (κ3) is 5.20. The predicted molar refractivity (Wildman–Crippen MR) is 132 cm³/mol. The lowest BCUT2D eigenvalue weighted by atomic mass is 10.1. The Kier molecular flexibility index (Phi) is 6.69. The van der Waals surface area contributed by atoms with Gasteiger partial charge in [0.2, 0.25) is 0 Å². The zero-order valence-corrected chi connectivity index (χ0v) is 19.1. The summed E-state index contributed by atoms with van der Waals surface area (Å²) in [7, 11) is 3.23. The molecule has 0 radical (unpaired) electrons. The number of benzene rings is 3. The summed E-state index contributed by atoms with van der Waals surface area (Å²) in [6, 6.07) is 21.1. The van der Waals surface area contributed by atoms with Crippen LogP contribution >= 0.6 is 0 Å². The van der Waals surface area contributed by atoms with Gasteiger partial charge >= 0.3 is 0 Å². The van der Waals surface area contributed by atoms with Crippen molar-refractivity contribution < 1.29 is 14.2 Å². The van der Waals surface area contributed by atoms with Crippen molar-refractivity contribution in [2.24, 2.45) is 5.10 Å². The molecule has 0 spiro atoms. The van der Waals surface area contributed by atoms with E-state index in [1.54, 1.807) is 20.4 Å². The molecule has 168 valence electrons. The second-order valence-corrected chi connectivity index (χ2v) is 7.58. The number of nitrogens with zero attached hydrogens (tertiary/aromatic N) is 3. The minimum atomic E-state index is 0.116. The molecule has 1 heterocycles. The first-order valence-corrected chi connectivity index (χ1v) is 10.6. The molecule has 33 heavy (non-hydrogen) atoms. The topological polar surface area (TPSA) is 77.9 Å². The van der Waals surface area contributed by atoms with E-state index in [1.807, 2.05) is 80.6 Å². The number of ether oxygens (including phenoxy) is 3. The van der Waals surface area contributed by atoms with Crippen molar-refractivity contribution in [3.8, 4) is 28.6 Å². The van der Waals surface area contributed by atoms with Crippen LogP contribution in [0, 0.1) is 0 Å². The summed E-state index contributed by atoms with van der Waals surface area (Å²) >= 11 is 0. The number of fused-ring (bicyclic) bond motifs is 1. The number of methoxy groups -OCH3 is 2. The number of hydrogen-bond acceptors (Lipinski definition) is 7. The largest absolute Gasteiger partial charge is 0.497 e. The Morgan fingerprint density at radius 1 is 0.879 bits per heavy atom. The molecule has 0 fully saturated rings. The molecule has 0 aliphatic rings. The molecule has 0 atom stereocenters. The van der Waals surface area contributed by atoms with E-state index in [1.165, 1.54) is 0 Å². The molecule has 0 aliphatic carbocycles. The summed E-state index contributed by atoms with van der Waals surface area (Å²) in [6.45, 7) is 4.00.